The van der Waals surface area contributed by atoms with Gasteiger partial charge in [0, 0.05) is 27.3 Å². The number of nitrogens with zero attached hydrogens (tertiary/aromatic N) is 2. The molecule has 1 aliphatic rings. The second kappa shape index (κ2) is 6.55. The standard InChI is InChI=1S/C11H21N3O4/c1-17-7-5-14(6-8-18-2)10(15)11(3-4-11)9(12)13-16/h16H,3-8H2,1-2H3,(H2,12,13). The van der Waals surface area contributed by atoms with Crippen LogP contribution in [0.1, 0.15) is 12.8 Å². The molecule has 1 rings (SSSR count). The fraction of sp³-hybridized carbons (Fsp3) is 0.818. The van der Waals surface area contributed by atoms with E-state index >= 15 is 0 Å². The topological polar surface area (TPSA) is 97.4 Å². The fourth-order valence-corrected chi connectivity index (χ4v) is 1.82. The third-order valence-electron chi connectivity index (χ3n) is 3.18. The van der Waals surface area contributed by atoms with Crippen molar-refractivity contribution in [1.29, 1.82) is 0 Å². The van der Waals surface area contributed by atoms with Crippen molar-refractivity contribution in [3.05, 3.63) is 0 Å². The van der Waals surface area contributed by atoms with Crippen molar-refractivity contribution in [1.82, 2.24) is 4.90 Å². The summed E-state index contributed by atoms with van der Waals surface area (Å²) in [6.45, 7) is 1.84. The average Bonchev–Trinajstić information content (AvgIpc) is 3.19. The zero-order chi connectivity index (χ0) is 13.6. The van der Waals surface area contributed by atoms with Crippen LogP contribution >= 0.6 is 0 Å². The fourth-order valence-electron chi connectivity index (χ4n) is 1.82. The van der Waals surface area contributed by atoms with Crippen LogP contribution in [0, 0.1) is 5.41 Å². The van der Waals surface area contributed by atoms with Gasteiger partial charge in [0.2, 0.25) is 5.91 Å². The smallest absolute Gasteiger partial charge is 0.236 e. The van der Waals surface area contributed by atoms with E-state index in [4.69, 9.17) is 20.4 Å². The number of oxime groups is 1. The molecule has 0 aromatic rings. The van der Waals surface area contributed by atoms with Gasteiger partial charge in [0.25, 0.3) is 0 Å². The molecule has 0 atom stereocenters. The van der Waals surface area contributed by atoms with Gasteiger partial charge < -0.3 is 25.3 Å². The second-order valence-electron chi connectivity index (χ2n) is 4.35. The first kappa shape index (κ1) is 14.7. The number of methoxy groups -OCH3 is 2. The molecule has 0 bridgehead atoms. The first-order chi connectivity index (χ1) is 8.62. The van der Waals surface area contributed by atoms with E-state index in [9.17, 15) is 4.79 Å². The third-order valence-corrected chi connectivity index (χ3v) is 3.18. The number of carbonyl (C=O) groups excluding carboxylic acids is 1. The minimum Gasteiger partial charge on any atom is -0.409 e. The molecule has 0 radical (unpaired) electrons. The van der Waals surface area contributed by atoms with Gasteiger partial charge in [-0.1, -0.05) is 5.16 Å². The highest BCUT2D eigenvalue weighted by Crippen LogP contribution is 2.47. The maximum absolute atomic E-state index is 12.4. The Labute approximate surface area is 107 Å². The van der Waals surface area contributed by atoms with E-state index in [1.54, 1.807) is 19.1 Å². The third kappa shape index (κ3) is 3.11. The molecule has 104 valence electrons. The molecule has 3 N–H and O–H groups in total. The summed E-state index contributed by atoms with van der Waals surface area (Å²) in [7, 11) is 3.16. The van der Waals surface area contributed by atoms with Gasteiger partial charge in [0.1, 0.15) is 5.41 Å². The maximum atomic E-state index is 12.4. The van der Waals surface area contributed by atoms with E-state index in [1.807, 2.05) is 0 Å². The lowest BCUT2D eigenvalue weighted by atomic mass is 10.0. The molecule has 0 aromatic heterocycles. The zero-order valence-electron chi connectivity index (χ0n) is 10.9. The van der Waals surface area contributed by atoms with E-state index < -0.39 is 5.41 Å². The molecule has 1 saturated carbocycles. The molecule has 18 heavy (non-hydrogen) atoms. The van der Waals surface area contributed by atoms with Crippen LogP contribution in [0.25, 0.3) is 0 Å². The van der Waals surface area contributed by atoms with Crippen molar-refractivity contribution in [3.8, 4) is 0 Å². The van der Waals surface area contributed by atoms with Gasteiger partial charge in [-0.25, -0.2) is 0 Å². The first-order valence-corrected chi connectivity index (χ1v) is 5.87. The van der Waals surface area contributed by atoms with Crippen molar-refractivity contribution in [2.24, 2.45) is 16.3 Å². The molecule has 0 spiro atoms. The van der Waals surface area contributed by atoms with E-state index in [-0.39, 0.29) is 11.7 Å². The summed E-state index contributed by atoms with van der Waals surface area (Å²) in [6, 6.07) is 0. The normalized spacial score (nSPS) is 17.6. The Hall–Kier alpha value is -1.34. The molecular formula is C11H21N3O4. The van der Waals surface area contributed by atoms with Gasteiger partial charge in [0.05, 0.1) is 13.2 Å². The minimum absolute atomic E-state index is 0.00710. The van der Waals surface area contributed by atoms with Gasteiger partial charge in [-0.3, -0.25) is 4.79 Å². The van der Waals surface area contributed by atoms with Crippen molar-refractivity contribution in [3.63, 3.8) is 0 Å². The Balaban J connectivity index is 2.69. The highest BCUT2D eigenvalue weighted by molar-refractivity contribution is 6.09. The number of amides is 1. The van der Waals surface area contributed by atoms with Crippen LogP contribution < -0.4 is 5.73 Å². The summed E-state index contributed by atoms with van der Waals surface area (Å²) in [6.07, 6.45) is 1.25. The summed E-state index contributed by atoms with van der Waals surface area (Å²) >= 11 is 0. The number of rotatable bonds is 8. The highest BCUT2D eigenvalue weighted by Gasteiger charge is 2.55. The van der Waals surface area contributed by atoms with E-state index in [2.05, 4.69) is 5.16 Å². The van der Waals surface area contributed by atoms with Gasteiger partial charge in [-0.05, 0) is 12.8 Å². The molecule has 0 saturated heterocycles. The van der Waals surface area contributed by atoms with Crippen LogP contribution in [-0.4, -0.2) is 62.4 Å². The lowest BCUT2D eigenvalue weighted by Crippen LogP contribution is -2.46. The van der Waals surface area contributed by atoms with Crippen LogP contribution in [0.3, 0.4) is 0 Å². The van der Waals surface area contributed by atoms with Gasteiger partial charge in [-0.2, -0.15) is 0 Å². The molecule has 1 amide bonds. The summed E-state index contributed by atoms with van der Waals surface area (Å²) < 4.78 is 9.95. The molecule has 7 heteroatoms. The predicted octanol–water partition coefficient (Wildman–Crippen LogP) is -0.366. The minimum atomic E-state index is -0.809. The largest absolute Gasteiger partial charge is 0.409 e. The quantitative estimate of drug-likeness (QED) is 0.268. The number of nitrogens with two attached hydrogens (primary N) is 1. The molecule has 7 nitrogen and oxygen atoms in total. The summed E-state index contributed by atoms with van der Waals surface area (Å²) in [5, 5.41) is 11.7. The molecule has 1 fully saturated rings. The highest BCUT2D eigenvalue weighted by atomic mass is 16.5. The van der Waals surface area contributed by atoms with Crippen molar-refractivity contribution < 1.29 is 19.5 Å². The van der Waals surface area contributed by atoms with E-state index in [0.717, 1.165) is 0 Å². The monoisotopic (exact) mass is 259 g/mol. The zero-order valence-corrected chi connectivity index (χ0v) is 10.9. The molecule has 1 aliphatic carbocycles. The second-order valence-corrected chi connectivity index (χ2v) is 4.35. The van der Waals surface area contributed by atoms with Gasteiger partial charge >= 0.3 is 0 Å². The van der Waals surface area contributed by atoms with E-state index in [1.165, 1.54) is 0 Å². The summed E-state index contributed by atoms with van der Waals surface area (Å²) in [4.78, 5) is 14.0. The lowest BCUT2D eigenvalue weighted by molar-refractivity contribution is -0.135. The molecule has 0 aliphatic heterocycles. The van der Waals surface area contributed by atoms with Gasteiger partial charge in [-0.15, -0.1) is 0 Å². The molecule has 0 heterocycles. The number of carbonyl (C=O) groups is 1. The number of hydrogen-bond donors (Lipinski definition) is 2. The summed E-state index contributed by atoms with van der Waals surface area (Å²) in [5.74, 6) is -0.126. The molecule has 0 unspecified atom stereocenters. The number of hydrogen-bond acceptors (Lipinski definition) is 5. The van der Waals surface area contributed by atoms with Crippen molar-refractivity contribution in [2.75, 3.05) is 40.5 Å². The SMILES string of the molecule is COCCN(CCOC)C(=O)C1(C(N)=NO)CC1. The lowest BCUT2D eigenvalue weighted by Gasteiger charge is -2.26. The van der Waals surface area contributed by atoms with Crippen molar-refractivity contribution >= 4 is 11.7 Å². The molecule has 0 aromatic carbocycles. The Morgan fingerprint density at radius 2 is 1.83 bits per heavy atom. The first-order valence-electron chi connectivity index (χ1n) is 5.87. The maximum Gasteiger partial charge on any atom is 0.236 e. The van der Waals surface area contributed by atoms with Crippen LogP contribution in [0.15, 0.2) is 5.16 Å². The van der Waals surface area contributed by atoms with Crippen LogP contribution in [0.5, 0.6) is 0 Å². The van der Waals surface area contributed by atoms with E-state index in [0.29, 0.717) is 39.1 Å². The Kier molecular flexibility index (Phi) is 5.36. The van der Waals surface area contributed by atoms with Gasteiger partial charge in [0.15, 0.2) is 5.84 Å². The Morgan fingerprint density at radius 3 is 2.17 bits per heavy atom. The van der Waals surface area contributed by atoms with Crippen LogP contribution in [-0.2, 0) is 14.3 Å². The van der Waals surface area contributed by atoms with Crippen molar-refractivity contribution in [2.45, 2.75) is 12.8 Å². The Bertz CT molecular complexity index is 307. The van der Waals surface area contributed by atoms with Crippen LogP contribution in [0.2, 0.25) is 0 Å². The Morgan fingerprint density at radius 1 is 1.33 bits per heavy atom. The summed E-state index contributed by atoms with van der Waals surface area (Å²) in [5.41, 5.74) is 4.79. The average molecular weight is 259 g/mol. The predicted molar refractivity (Wildman–Crippen MR) is 65.4 cm³/mol. The molecular weight excluding hydrogens is 238 g/mol. The number of amidine groups is 1. The van der Waals surface area contributed by atoms with Crippen LogP contribution in [0.4, 0.5) is 0 Å². The number of ether oxygens (including phenoxy) is 2.